The summed E-state index contributed by atoms with van der Waals surface area (Å²) in [5, 5.41) is 1.98. The molecule has 1 heterocycles. The van der Waals surface area contributed by atoms with Crippen molar-refractivity contribution in [1.82, 2.24) is 9.62 Å². The monoisotopic (exact) mass is 355 g/mol. The van der Waals surface area contributed by atoms with Crippen molar-refractivity contribution in [2.24, 2.45) is 5.73 Å². The van der Waals surface area contributed by atoms with Gasteiger partial charge in [-0.05, 0) is 12.1 Å². The van der Waals surface area contributed by atoms with Gasteiger partial charge in [-0.15, -0.1) is 0 Å². The number of hydrogen-bond acceptors (Lipinski definition) is 4. The average molecular weight is 356 g/mol. The van der Waals surface area contributed by atoms with E-state index in [0.717, 1.165) is 16.4 Å². The Balaban J connectivity index is 2.51. The SMILES string of the molecule is NC(=O)C1CNCCN1S(=O)(=O)c1ccc(Cl)c(F)c1Cl. The molecule has 1 unspecified atom stereocenters. The lowest BCUT2D eigenvalue weighted by molar-refractivity contribution is -0.122. The number of nitrogens with zero attached hydrogens (tertiary/aromatic N) is 1. The Labute approximate surface area is 131 Å². The minimum Gasteiger partial charge on any atom is -0.368 e. The Hall–Kier alpha value is -0.930. The summed E-state index contributed by atoms with van der Waals surface area (Å²) < 4.78 is 39.8. The number of hydrogen-bond donors (Lipinski definition) is 2. The molecule has 1 atom stereocenters. The van der Waals surface area contributed by atoms with E-state index in [2.05, 4.69) is 5.32 Å². The first-order chi connectivity index (χ1) is 9.76. The molecular formula is C11H12Cl2FN3O3S. The number of carbonyl (C=O) groups is 1. The van der Waals surface area contributed by atoms with E-state index >= 15 is 0 Å². The van der Waals surface area contributed by atoms with E-state index in [1.807, 2.05) is 0 Å². The molecule has 0 spiro atoms. The molecular weight excluding hydrogens is 344 g/mol. The number of carbonyl (C=O) groups excluding carboxylic acids is 1. The molecule has 1 saturated heterocycles. The molecule has 0 saturated carbocycles. The van der Waals surface area contributed by atoms with Crippen LogP contribution in [0.15, 0.2) is 17.0 Å². The molecule has 2 rings (SSSR count). The minimum absolute atomic E-state index is 0.0243. The topological polar surface area (TPSA) is 92.5 Å². The van der Waals surface area contributed by atoms with Gasteiger partial charge in [0.2, 0.25) is 15.9 Å². The number of primary amides is 1. The summed E-state index contributed by atoms with van der Waals surface area (Å²) in [6.45, 7) is 0.454. The maximum Gasteiger partial charge on any atom is 0.245 e. The van der Waals surface area contributed by atoms with Gasteiger partial charge in [0.15, 0.2) is 5.82 Å². The van der Waals surface area contributed by atoms with Crippen molar-refractivity contribution in [3.8, 4) is 0 Å². The molecule has 10 heteroatoms. The van der Waals surface area contributed by atoms with E-state index in [9.17, 15) is 17.6 Å². The van der Waals surface area contributed by atoms with Gasteiger partial charge in [0.1, 0.15) is 10.9 Å². The van der Waals surface area contributed by atoms with Gasteiger partial charge < -0.3 is 11.1 Å². The maximum atomic E-state index is 13.7. The van der Waals surface area contributed by atoms with Crippen LogP contribution in [0.3, 0.4) is 0 Å². The van der Waals surface area contributed by atoms with E-state index in [1.165, 1.54) is 0 Å². The predicted molar refractivity (Wildman–Crippen MR) is 76.2 cm³/mol. The van der Waals surface area contributed by atoms with Crippen LogP contribution in [-0.4, -0.2) is 44.3 Å². The fourth-order valence-electron chi connectivity index (χ4n) is 2.05. The highest BCUT2D eigenvalue weighted by Gasteiger charge is 2.38. The second-order valence-electron chi connectivity index (χ2n) is 4.41. The number of nitrogens with two attached hydrogens (primary N) is 1. The first-order valence-corrected chi connectivity index (χ1v) is 8.11. The van der Waals surface area contributed by atoms with E-state index < -0.39 is 37.7 Å². The summed E-state index contributed by atoms with van der Waals surface area (Å²) in [6, 6.07) is 1.14. The van der Waals surface area contributed by atoms with Crippen LogP contribution in [0.25, 0.3) is 0 Å². The molecule has 1 fully saturated rings. The van der Waals surface area contributed by atoms with Crippen molar-refractivity contribution in [3.05, 3.63) is 28.0 Å². The zero-order chi connectivity index (χ0) is 15.8. The van der Waals surface area contributed by atoms with Gasteiger partial charge in [0.25, 0.3) is 0 Å². The van der Waals surface area contributed by atoms with Gasteiger partial charge in [0.05, 0.1) is 10.0 Å². The summed E-state index contributed by atoms with van der Waals surface area (Å²) in [5.41, 5.74) is 5.21. The van der Waals surface area contributed by atoms with Crippen molar-refractivity contribution in [1.29, 1.82) is 0 Å². The third kappa shape index (κ3) is 3.00. The average Bonchev–Trinajstić information content (AvgIpc) is 2.44. The lowest BCUT2D eigenvalue weighted by Gasteiger charge is -2.33. The fraction of sp³-hybridized carbons (Fsp3) is 0.364. The molecule has 1 aliphatic heterocycles. The van der Waals surface area contributed by atoms with Gasteiger partial charge in [-0.1, -0.05) is 23.2 Å². The zero-order valence-corrected chi connectivity index (χ0v) is 13.0. The van der Waals surface area contributed by atoms with Gasteiger partial charge in [-0.3, -0.25) is 4.79 Å². The Bertz CT molecular complexity index is 684. The number of halogens is 3. The Morgan fingerprint density at radius 2 is 2.10 bits per heavy atom. The normalized spacial score (nSPS) is 20.4. The van der Waals surface area contributed by atoms with Crippen molar-refractivity contribution < 1.29 is 17.6 Å². The van der Waals surface area contributed by atoms with Crippen molar-refractivity contribution in [2.75, 3.05) is 19.6 Å². The molecule has 21 heavy (non-hydrogen) atoms. The summed E-state index contributed by atoms with van der Waals surface area (Å²) >= 11 is 11.3. The molecule has 0 bridgehead atoms. The maximum absolute atomic E-state index is 13.7. The third-order valence-electron chi connectivity index (χ3n) is 3.11. The quantitative estimate of drug-likeness (QED) is 0.775. The summed E-state index contributed by atoms with van der Waals surface area (Å²) in [5.74, 6) is -1.82. The van der Waals surface area contributed by atoms with Crippen molar-refractivity contribution in [2.45, 2.75) is 10.9 Å². The Morgan fingerprint density at radius 1 is 1.43 bits per heavy atom. The second kappa shape index (κ2) is 6.05. The lowest BCUT2D eigenvalue weighted by Crippen LogP contribution is -2.58. The number of amides is 1. The number of benzene rings is 1. The Morgan fingerprint density at radius 3 is 2.71 bits per heavy atom. The minimum atomic E-state index is -4.16. The smallest absolute Gasteiger partial charge is 0.245 e. The van der Waals surface area contributed by atoms with E-state index in [-0.39, 0.29) is 18.1 Å². The highest BCUT2D eigenvalue weighted by molar-refractivity contribution is 7.89. The first-order valence-electron chi connectivity index (χ1n) is 5.92. The van der Waals surface area contributed by atoms with Crippen LogP contribution in [0.4, 0.5) is 4.39 Å². The number of piperazine rings is 1. The van der Waals surface area contributed by atoms with Gasteiger partial charge >= 0.3 is 0 Å². The predicted octanol–water partition coefficient (Wildman–Crippen LogP) is 0.580. The van der Waals surface area contributed by atoms with E-state index in [1.54, 1.807) is 0 Å². The zero-order valence-electron chi connectivity index (χ0n) is 10.6. The second-order valence-corrected chi connectivity index (χ2v) is 7.06. The molecule has 1 aromatic carbocycles. The fourth-order valence-corrected chi connectivity index (χ4v) is 4.37. The van der Waals surface area contributed by atoms with Gasteiger partial charge in [0, 0.05) is 19.6 Å². The van der Waals surface area contributed by atoms with Gasteiger partial charge in [-0.2, -0.15) is 4.31 Å². The summed E-state index contributed by atoms with van der Waals surface area (Å²) in [6.07, 6.45) is 0. The van der Waals surface area contributed by atoms with Crippen LogP contribution in [0.1, 0.15) is 0 Å². The molecule has 1 aliphatic rings. The summed E-state index contributed by atoms with van der Waals surface area (Å²) in [7, 11) is -4.16. The number of nitrogens with one attached hydrogen (secondary N) is 1. The van der Waals surface area contributed by atoms with Crippen LogP contribution in [0.5, 0.6) is 0 Å². The molecule has 1 amide bonds. The van der Waals surface area contributed by atoms with Crippen LogP contribution in [0.2, 0.25) is 10.0 Å². The van der Waals surface area contributed by atoms with E-state index in [4.69, 9.17) is 28.9 Å². The lowest BCUT2D eigenvalue weighted by atomic mass is 10.2. The molecule has 3 N–H and O–H groups in total. The number of rotatable bonds is 3. The highest BCUT2D eigenvalue weighted by atomic mass is 35.5. The first kappa shape index (κ1) is 16.4. The van der Waals surface area contributed by atoms with Crippen LogP contribution >= 0.6 is 23.2 Å². The van der Waals surface area contributed by atoms with Crippen molar-refractivity contribution in [3.63, 3.8) is 0 Å². The molecule has 0 aromatic heterocycles. The largest absolute Gasteiger partial charge is 0.368 e. The van der Waals surface area contributed by atoms with Gasteiger partial charge in [-0.25, -0.2) is 12.8 Å². The van der Waals surface area contributed by atoms with E-state index in [0.29, 0.717) is 6.54 Å². The molecule has 6 nitrogen and oxygen atoms in total. The van der Waals surface area contributed by atoms with Crippen LogP contribution in [0, 0.1) is 5.82 Å². The Kier molecular flexibility index (Phi) is 4.74. The molecule has 0 radical (unpaired) electrons. The standard InChI is InChI=1S/C11H12Cl2FN3O3S/c12-6-1-2-8(9(13)10(6)14)21(19,20)17-4-3-16-5-7(17)11(15)18/h1-2,7,16H,3-5H2,(H2,15,18). The van der Waals surface area contributed by atoms with Crippen LogP contribution < -0.4 is 11.1 Å². The van der Waals surface area contributed by atoms with Crippen LogP contribution in [-0.2, 0) is 14.8 Å². The molecule has 1 aromatic rings. The highest BCUT2D eigenvalue weighted by Crippen LogP contribution is 2.32. The van der Waals surface area contributed by atoms with Crippen molar-refractivity contribution >= 4 is 39.1 Å². The number of sulfonamides is 1. The summed E-state index contributed by atoms with van der Waals surface area (Å²) in [4.78, 5) is 11.0. The molecule has 0 aliphatic carbocycles. The molecule has 116 valence electrons. The third-order valence-corrected chi connectivity index (χ3v) is 5.83.